The van der Waals surface area contributed by atoms with Crippen LogP contribution in [0.3, 0.4) is 0 Å². The standard InChI is InChI=1S/C54H39BN2/c1-54(2,3)41-23-25-42(26-24-41)57-49-32-37-19-11-10-18-36(37)29-46(49)51-43-21-13-12-20-39(43)33-50-52(51)55(57)47-31-40(35-16-8-5-9-17-35)30-45-44-28-38(34-14-6-4-7-15-34)22-27-48(44)56(50)53(45)47/h4-33H,1-3H3. The minimum Gasteiger partial charge on any atom is -0.376 e. The Morgan fingerprint density at radius 2 is 1.07 bits per heavy atom. The van der Waals surface area contributed by atoms with Crippen LogP contribution in [0.5, 0.6) is 0 Å². The first-order valence-electron chi connectivity index (χ1n) is 20.1. The van der Waals surface area contributed by atoms with Crippen LogP contribution in [0.2, 0.25) is 0 Å². The highest BCUT2D eigenvalue weighted by atomic mass is 15.1. The molecule has 268 valence electrons. The zero-order valence-electron chi connectivity index (χ0n) is 32.3. The highest BCUT2D eigenvalue weighted by Gasteiger charge is 2.45. The second-order valence-corrected chi connectivity index (χ2v) is 17.0. The van der Waals surface area contributed by atoms with E-state index in [1.54, 1.807) is 0 Å². The van der Waals surface area contributed by atoms with Gasteiger partial charge in [-0.3, -0.25) is 0 Å². The Bertz CT molecular complexity index is 3260. The Morgan fingerprint density at radius 3 is 1.79 bits per heavy atom. The van der Waals surface area contributed by atoms with Gasteiger partial charge in [-0.05, 0) is 120 Å². The van der Waals surface area contributed by atoms with Crippen molar-refractivity contribution in [2.24, 2.45) is 0 Å². The molecule has 57 heavy (non-hydrogen) atoms. The quantitative estimate of drug-likeness (QED) is 0.165. The second-order valence-electron chi connectivity index (χ2n) is 17.0. The molecule has 0 N–H and O–H groups in total. The predicted molar refractivity (Wildman–Crippen MR) is 244 cm³/mol. The third-order valence-electron chi connectivity index (χ3n) is 12.6. The van der Waals surface area contributed by atoms with E-state index in [0.29, 0.717) is 0 Å². The lowest BCUT2D eigenvalue weighted by Gasteiger charge is -2.43. The van der Waals surface area contributed by atoms with E-state index in [4.69, 9.17) is 0 Å². The molecule has 2 aliphatic rings. The highest BCUT2D eigenvalue weighted by molar-refractivity contribution is 6.94. The molecule has 2 nitrogen and oxygen atoms in total. The second kappa shape index (κ2) is 11.8. The zero-order chi connectivity index (χ0) is 38.0. The molecule has 0 fully saturated rings. The maximum Gasteiger partial charge on any atom is 0.333 e. The first kappa shape index (κ1) is 32.4. The van der Waals surface area contributed by atoms with Gasteiger partial charge in [0.15, 0.2) is 0 Å². The number of fused-ring (bicyclic) bond motifs is 10. The van der Waals surface area contributed by atoms with Gasteiger partial charge in [0.25, 0.3) is 0 Å². The normalized spacial score (nSPS) is 13.1. The van der Waals surface area contributed by atoms with Crippen molar-refractivity contribution in [2.45, 2.75) is 26.2 Å². The summed E-state index contributed by atoms with van der Waals surface area (Å²) in [4.78, 5) is 2.66. The summed E-state index contributed by atoms with van der Waals surface area (Å²) in [6.45, 7) is 6.82. The van der Waals surface area contributed by atoms with Gasteiger partial charge in [0.1, 0.15) is 0 Å². The van der Waals surface area contributed by atoms with Crippen molar-refractivity contribution in [3.8, 4) is 39.1 Å². The molecule has 0 saturated carbocycles. The lowest BCUT2D eigenvalue weighted by Crippen LogP contribution is -2.60. The van der Waals surface area contributed by atoms with Gasteiger partial charge in [-0.15, -0.1) is 0 Å². The molecule has 12 rings (SSSR count). The molecule has 3 heteroatoms. The lowest BCUT2D eigenvalue weighted by molar-refractivity contribution is 0.590. The molecule has 0 radical (unpaired) electrons. The summed E-state index contributed by atoms with van der Waals surface area (Å²) in [5.74, 6) is 0. The fourth-order valence-corrected chi connectivity index (χ4v) is 9.95. The number of rotatable bonds is 3. The first-order chi connectivity index (χ1) is 27.9. The average molecular weight is 727 g/mol. The van der Waals surface area contributed by atoms with Gasteiger partial charge in [0, 0.05) is 33.4 Å². The Balaban J connectivity index is 1.27. The number of hydrogen-bond donors (Lipinski definition) is 0. The Labute approximate surface area is 333 Å². The van der Waals surface area contributed by atoms with E-state index < -0.39 is 0 Å². The Morgan fingerprint density at radius 1 is 0.456 bits per heavy atom. The van der Waals surface area contributed by atoms with E-state index in [1.807, 2.05) is 0 Å². The molecule has 3 heterocycles. The lowest BCUT2D eigenvalue weighted by atomic mass is 9.43. The smallest absolute Gasteiger partial charge is 0.333 e. The van der Waals surface area contributed by atoms with Crippen molar-refractivity contribution in [1.82, 2.24) is 4.57 Å². The van der Waals surface area contributed by atoms with E-state index >= 15 is 0 Å². The van der Waals surface area contributed by atoms with Gasteiger partial charge in [0.2, 0.25) is 0 Å². The first-order valence-corrected chi connectivity index (χ1v) is 20.1. The molecule has 0 unspecified atom stereocenters. The zero-order valence-corrected chi connectivity index (χ0v) is 32.3. The molecule has 1 aromatic heterocycles. The molecule has 0 aliphatic carbocycles. The third-order valence-corrected chi connectivity index (χ3v) is 12.6. The van der Waals surface area contributed by atoms with E-state index in [9.17, 15) is 0 Å². The molecule has 0 bridgehead atoms. The van der Waals surface area contributed by atoms with Crippen LogP contribution in [0.25, 0.3) is 82.4 Å². The molecule has 0 atom stereocenters. The summed E-state index contributed by atoms with van der Waals surface area (Å²) >= 11 is 0. The molecule has 0 amide bonds. The van der Waals surface area contributed by atoms with Gasteiger partial charge in [0.05, 0.1) is 11.0 Å². The van der Waals surface area contributed by atoms with Crippen molar-refractivity contribution >= 4 is 72.5 Å². The van der Waals surface area contributed by atoms with Crippen molar-refractivity contribution in [3.05, 3.63) is 188 Å². The largest absolute Gasteiger partial charge is 0.376 e. The molecular weight excluding hydrogens is 687 g/mol. The van der Waals surface area contributed by atoms with E-state index in [1.165, 1.54) is 110 Å². The Hall–Kier alpha value is -6.84. The van der Waals surface area contributed by atoms with Crippen molar-refractivity contribution < 1.29 is 0 Å². The summed E-state index contributed by atoms with van der Waals surface area (Å²) in [5.41, 5.74) is 17.8. The summed E-state index contributed by atoms with van der Waals surface area (Å²) < 4.78 is 2.60. The van der Waals surface area contributed by atoms with Gasteiger partial charge in [-0.25, -0.2) is 0 Å². The number of benzene rings is 9. The summed E-state index contributed by atoms with van der Waals surface area (Å²) in [6, 6.07) is 68.4. The number of aromatic nitrogens is 1. The van der Waals surface area contributed by atoms with Gasteiger partial charge in [-0.1, -0.05) is 154 Å². The van der Waals surface area contributed by atoms with Gasteiger partial charge >= 0.3 is 6.85 Å². The fraction of sp³-hybridized carbons (Fsp3) is 0.0741. The van der Waals surface area contributed by atoms with Gasteiger partial charge in [-0.2, -0.15) is 0 Å². The highest BCUT2D eigenvalue weighted by Crippen LogP contribution is 2.49. The van der Waals surface area contributed by atoms with Crippen molar-refractivity contribution in [2.75, 3.05) is 4.81 Å². The summed E-state index contributed by atoms with van der Waals surface area (Å²) in [5, 5.41) is 7.61. The van der Waals surface area contributed by atoms with Gasteiger partial charge < -0.3 is 9.38 Å². The number of anilines is 2. The van der Waals surface area contributed by atoms with Crippen LogP contribution >= 0.6 is 0 Å². The van der Waals surface area contributed by atoms with E-state index in [2.05, 4.69) is 212 Å². The monoisotopic (exact) mass is 726 g/mol. The van der Waals surface area contributed by atoms with Crippen LogP contribution in [0.15, 0.2) is 182 Å². The van der Waals surface area contributed by atoms with Crippen LogP contribution in [0.4, 0.5) is 11.4 Å². The molecular formula is C54H39BN2. The van der Waals surface area contributed by atoms with Crippen molar-refractivity contribution in [3.63, 3.8) is 0 Å². The number of nitrogens with zero attached hydrogens (tertiary/aromatic N) is 2. The van der Waals surface area contributed by atoms with Crippen LogP contribution in [0.1, 0.15) is 26.3 Å². The van der Waals surface area contributed by atoms with Crippen LogP contribution in [-0.2, 0) is 5.41 Å². The van der Waals surface area contributed by atoms with E-state index in [0.717, 1.165) is 0 Å². The maximum absolute atomic E-state index is 2.66. The average Bonchev–Trinajstić information content (AvgIpc) is 3.58. The summed E-state index contributed by atoms with van der Waals surface area (Å²) in [7, 11) is 0. The molecule has 0 spiro atoms. The fourth-order valence-electron chi connectivity index (χ4n) is 9.95. The molecule has 2 aliphatic heterocycles. The topological polar surface area (TPSA) is 8.17 Å². The predicted octanol–water partition coefficient (Wildman–Crippen LogP) is 13.0. The van der Waals surface area contributed by atoms with Crippen LogP contribution in [0, 0.1) is 0 Å². The maximum atomic E-state index is 2.66. The minimum absolute atomic E-state index is 0.0494. The van der Waals surface area contributed by atoms with Crippen LogP contribution in [-0.4, -0.2) is 11.4 Å². The molecule has 10 aromatic rings. The molecule has 0 saturated heterocycles. The molecule has 9 aromatic carbocycles. The van der Waals surface area contributed by atoms with Crippen molar-refractivity contribution in [1.29, 1.82) is 0 Å². The third kappa shape index (κ3) is 4.72. The van der Waals surface area contributed by atoms with Crippen LogP contribution < -0.4 is 15.7 Å². The number of hydrogen-bond acceptors (Lipinski definition) is 1. The Kier molecular flexibility index (Phi) is 6.73. The SMILES string of the molecule is CC(C)(C)c1ccc(N2B3c4c(cc5ccccc5c4-c4cc5ccccc5cc42)-n2c4ccc(-c5ccccc5)cc4c4cc(-c5ccccc5)cc3c42)cc1. The van der Waals surface area contributed by atoms with E-state index in [-0.39, 0.29) is 12.3 Å². The minimum atomic E-state index is -0.0784. The summed E-state index contributed by atoms with van der Waals surface area (Å²) in [6.07, 6.45) is 0.